The third kappa shape index (κ3) is 5.91. The maximum absolute atomic E-state index is 11.7. The van der Waals surface area contributed by atoms with E-state index >= 15 is 0 Å². The molecule has 0 aliphatic rings. The third-order valence-electron chi connectivity index (χ3n) is 1.89. The number of thiocarbonyl (C=S) groups is 1. The van der Waals surface area contributed by atoms with Crippen LogP contribution < -0.4 is 16.0 Å². The van der Waals surface area contributed by atoms with Gasteiger partial charge >= 0.3 is 6.03 Å². The zero-order valence-corrected chi connectivity index (χ0v) is 11.8. The van der Waals surface area contributed by atoms with Crippen molar-refractivity contribution in [2.45, 2.75) is 26.3 Å². The number of urea groups is 1. The second kappa shape index (κ2) is 6.24. The van der Waals surface area contributed by atoms with Crippen LogP contribution in [0.4, 0.5) is 4.79 Å². The molecule has 0 bridgehead atoms. The second-order valence-electron chi connectivity index (χ2n) is 4.85. The summed E-state index contributed by atoms with van der Waals surface area (Å²) >= 11 is 4.88. The summed E-state index contributed by atoms with van der Waals surface area (Å²) in [6.45, 7) is 5.52. The van der Waals surface area contributed by atoms with Gasteiger partial charge in [-0.05, 0) is 45.1 Å². The molecule has 102 valence electrons. The molecule has 0 spiro atoms. The van der Waals surface area contributed by atoms with Crippen molar-refractivity contribution >= 4 is 29.3 Å². The summed E-state index contributed by atoms with van der Waals surface area (Å²) in [6.07, 6.45) is 3.00. The Kier molecular flexibility index (Phi) is 4.94. The molecule has 3 N–H and O–H groups in total. The van der Waals surface area contributed by atoms with E-state index in [9.17, 15) is 9.59 Å². The summed E-state index contributed by atoms with van der Waals surface area (Å²) in [5.41, 5.74) is 0.0322. The maximum Gasteiger partial charge on any atom is 0.321 e. The summed E-state index contributed by atoms with van der Waals surface area (Å²) in [5.74, 6) is -0.400. The zero-order chi connectivity index (χ0) is 14.5. The van der Waals surface area contributed by atoms with Crippen LogP contribution in [0.25, 0.3) is 0 Å². The smallest absolute Gasteiger partial charge is 0.321 e. The van der Waals surface area contributed by atoms with Crippen molar-refractivity contribution in [3.8, 4) is 0 Å². The van der Waals surface area contributed by atoms with Gasteiger partial charge in [0.05, 0.1) is 0 Å². The van der Waals surface area contributed by atoms with Gasteiger partial charge in [-0.15, -0.1) is 0 Å². The number of carbonyl (C=O) groups is 2. The molecular weight excluding hydrogens is 264 g/mol. The molecule has 0 aliphatic carbocycles. The van der Waals surface area contributed by atoms with E-state index in [1.165, 1.54) is 12.4 Å². The minimum Gasteiger partial charge on any atom is -0.333 e. The fourth-order valence-electron chi connectivity index (χ4n) is 1.18. The highest BCUT2D eigenvalue weighted by Gasteiger charge is 2.15. The van der Waals surface area contributed by atoms with Crippen molar-refractivity contribution in [3.05, 3.63) is 30.1 Å². The molecule has 1 rings (SSSR count). The molecule has 0 unspecified atom stereocenters. The molecule has 0 radical (unpaired) electrons. The van der Waals surface area contributed by atoms with Crippen molar-refractivity contribution in [1.29, 1.82) is 0 Å². The van der Waals surface area contributed by atoms with Crippen LogP contribution in [0, 0.1) is 0 Å². The first-order chi connectivity index (χ1) is 8.78. The standard InChI is InChI=1S/C12H16N4O2S/c1-12(2,3)16-10(18)15-11(19)14-9(17)8-4-6-13-7-5-8/h4-7H,1-3H3,(H3,14,15,16,17,18,19). The molecule has 1 aromatic rings. The van der Waals surface area contributed by atoms with Gasteiger partial charge in [-0.1, -0.05) is 0 Å². The van der Waals surface area contributed by atoms with E-state index in [4.69, 9.17) is 12.2 Å². The molecule has 0 aromatic carbocycles. The predicted molar refractivity (Wildman–Crippen MR) is 75.7 cm³/mol. The van der Waals surface area contributed by atoms with Gasteiger partial charge in [0.15, 0.2) is 5.11 Å². The zero-order valence-electron chi connectivity index (χ0n) is 11.0. The Labute approximate surface area is 117 Å². The van der Waals surface area contributed by atoms with Crippen LogP contribution in [0.3, 0.4) is 0 Å². The molecule has 7 heteroatoms. The number of hydrogen-bond donors (Lipinski definition) is 3. The molecule has 0 aliphatic heterocycles. The van der Waals surface area contributed by atoms with Gasteiger partial charge in [-0.25, -0.2) is 4.79 Å². The van der Waals surface area contributed by atoms with E-state index in [1.54, 1.807) is 12.1 Å². The monoisotopic (exact) mass is 280 g/mol. The van der Waals surface area contributed by atoms with Gasteiger partial charge in [-0.3, -0.25) is 20.4 Å². The van der Waals surface area contributed by atoms with Crippen molar-refractivity contribution in [2.24, 2.45) is 0 Å². The fourth-order valence-corrected chi connectivity index (χ4v) is 1.37. The number of carbonyl (C=O) groups excluding carboxylic acids is 2. The molecule has 1 heterocycles. The summed E-state index contributed by atoms with van der Waals surface area (Å²) in [5, 5.41) is 7.39. The average molecular weight is 280 g/mol. The quantitative estimate of drug-likeness (QED) is 0.675. The molecule has 19 heavy (non-hydrogen) atoms. The molecule has 6 nitrogen and oxygen atoms in total. The lowest BCUT2D eigenvalue weighted by Crippen LogP contribution is -2.51. The van der Waals surface area contributed by atoms with Crippen molar-refractivity contribution in [1.82, 2.24) is 20.9 Å². The lowest BCUT2D eigenvalue weighted by atomic mass is 10.1. The fraction of sp³-hybridized carbons (Fsp3) is 0.333. The van der Waals surface area contributed by atoms with Crippen LogP contribution >= 0.6 is 12.2 Å². The number of aromatic nitrogens is 1. The van der Waals surface area contributed by atoms with E-state index in [1.807, 2.05) is 20.8 Å². The van der Waals surface area contributed by atoms with Crippen LogP contribution in [-0.2, 0) is 0 Å². The molecule has 0 atom stereocenters. The topological polar surface area (TPSA) is 83.1 Å². The SMILES string of the molecule is CC(C)(C)NC(=O)NC(=S)NC(=O)c1ccncc1. The van der Waals surface area contributed by atoms with Gasteiger partial charge < -0.3 is 5.32 Å². The Balaban J connectivity index is 2.48. The van der Waals surface area contributed by atoms with Gasteiger partial charge in [0.25, 0.3) is 5.91 Å². The van der Waals surface area contributed by atoms with Gasteiger partial charge in [0, 0.05) is 23.5 Å². The minimum absolute atomic E-state index is 0.0523. The number of rotatable bonds is 1. The second-order valence-corrected chi connectivity index (χ2v) is 5.26. The highest BCUT2D eigenvalue weighted by molar-refractivity contribution is 7.80. The molecular formula is C12H16N4O2S. The van der Waals surface area contributed by atoms with Crippen molar-refractivity contribution in [2.75, 3.05) is 0 Å². The molecule has 1 aromatic heterocycles. The lowest BCUT2D eigenvalue weighted by molar-refractivity contribution is 0.0977. The van der Waals surface area contributed by atoms with E-state index < -0.39 is 11.9 Å². The van der Waals surface area contributed by atoms with Gasteiger partial charge in [-0.2, -0.15) is 0 Å². The van der Waals surface area contributed by atoms with E-state index in [0.717, 1.165) is 0 Å². The predicted octanol–water partition coefficient (Wildman–Crippen LogP) is 1.19. The number of nitrogens with zero attached hydrogens (tertiary/aromatic N) is 1. The normalized spacial score (nSPS) is 10.5. The van der Waals surface area contributed by atoms with Crippen LogP contribution in [0.1, 0.15) is 31.1 Å². The molecule has 3 amide bonds. The number of nitrogens with one attached hydrogen (secondary N) is 3. The number of amides is 3. The number of pyridine rings is 1. The summed E-state index contributed by atoms with van der Waals surface area (Å²) in [4.78, 5) is 27.0. The van der Waals surface area contributed by atoms with Crippen LogP contribution in [0.15, 0.2) is 24.5 Å². The Morgan fingerprint density at radius 3 is 2.26 bits per heavy atom. The Morgan fingerprint density at radius 2 is 1.74 bits per heavy atom. The Bertz CT molecular complexity index is 482. The highest BCUT2D eigenvalue weighted by atomic mass is 32.1. The first-order valence-electron chi connectivity index (χ1n) is 5.62. The largest absolute Gasteiger partial charge is 0.333 e. The van der Waals surface area contributed by atoms with E-state index in [2.05, 4.69) is 20.9 Å². The van der Waals surface area contributed by atoms with E-state index in [0.29, 0.717) is 5.56 Å². The Morgan fingerprint density at radius 1 is 1.16 bits per heavy atom. The summed E-state index contributed by atoms with van der Waals surface area (Å²) < 4.78 is 0. The van der Waals surface area contributed by atoms with Crippen molar-refractivity contribution in [3.63, 3.8) is 0 Å². The van der Waals surface area contributed by atoms with Gasteiger partial charge in [0.2, 0.25) is 0 Å². The third-order valence-corrected chi connectivity index (χ3v) is 2.09. The summed E-state index contributed by atoms with van der Waals surface area (Å²) in [7, 11) is 0. The number of hydrogen-bond acceptors (Lipinski definition) is 4. The molecule has 0 saturated carbocycles. The first-order valence-corrected chi connectivity index (χ1v) is 6.03. The van der Waals surface area contributed by atoms with Crippen LogP contribution in [0.5, 0.6) is 0 Å². The lowest BCUT2D eigenvalue weighted by Gasteiger charge is -2.20. The molecule has 0 saturated heterocycles. The van der Waals surface area contributed by atoms with Gasteiger partial charge in [0.1, 0.15) is 0 Å². The summed E-state index contributed by atoms with van der Waals surface area (Å²) in [6, 6.07) is 2.63. The van der Waals surface area contributed by atoms with E-state index in [-0.39, 0.29) is 10.7 Å². The van der Waals surface area contributed by atoms with Crippen LogP contribution in [-0.4, -0.2) is 27.6 Å². The first kappa shape index (κ1) is 15.0. The average Bonchev–Trinajstić information content (AvgIpc) is 2.27. The highest BCUT2D eigenvalue weighted by Crippen LogP contribution is 1.98. The molecule has 0 fully saturated rings. The van der Waals surface area contributed by atoms with Crippen molar-refractivity contribution < 1.29 is 9.59 Å². The minimum atomic E-state index is -0.465. The Hall–Kier alpha value is -2.02. The maximum atomic E-state index is 11.7. The van der Waals surface area contributed by atoms with Crippen LogP contribution in [0.2, 0.25) is 0 Å².